The number of fused-ring (bicyclic) bond motifs is 1. The molecule has 0 saturated heterocycles. The van der Waals surface area contributed by atoms with Gasteiger partial charge in [0.1, 0.15) is 11.8 Å². The minimum absolute atomic E-state index is 0.309. The van der Waals surface area contributed by atoms with E-state index in [-0.39, 0.29) is 5.91 Å². The average Bonchev–Trinajstić information content (AvgIpc) is 3.19. The normalized spacial score (nSPS) is 11.7. The third kappa shape index (κ3) is 5.28. The lowest BCUT2D eigenvalue weighted by Gasteiger charge is -2.18. The van der Waals surface area contributed by atoms with E-state index in [2.05, 4.69) is 38.2 Å². The number of aryl methyl sites for hydroxylation is 1. The van der Waals surface area contributed by atoms with Gasteiger partial charge in [-0.25, -0.2) is 4.79 Å². The second kappa shape index (κ2) is 9.86. The van der Waals surface area contributed by atoms with Crippen molar-refractivity contribution in [1.82, 2.24) is 10.3 Å². The van der Waals surface area contributed by atoms with Crippen molar-refractivity contribution >= 4 is 51.2 Å². The van der Waals surface area contributed by atoms with Gasteiger partial charge in [-0.3, -0.25) is 4.79 Å². The molecule has 162 valence electrons. The highest BCUT2D eigenvalue weighted by Gasteiger charge is 2.24. The number of hydrogen-bond donors (Lipinski definition) is 3. The molecule has 1 aromatic heterocycles. The van der Waals surface area contributed by atoms with E-state index in [0.717, 1.165) is 25.6 Å². The minimum atomic E-state index is -0.829. The molecule has 3 N–H and O–H groups in total. The van der Waals surface area contributed by atoms with E-state index in [0.29, 0.717) is 17.9 Å². The number of hydrogen-bond acceptors (Lipinski definition) is 3. The van der Waals surface area contributed by atoms with E-state index >= 15 is 0 Å². The number of aromatic amines is 1. The van der Waals surface area contributed by atoms with Gasteiger partial charge in [-0.05, 0) is 77.0 Å². The monoisotopic (exact) mass is 539 g/mol. The van der Waals surface area contributed by atoms with Crippen LogP contribution in [-0.4, -0.2) is 23.0 Å². The first-order valence-corrected chi connectivity index (χ1v) is 11.2. The molecule has 0 aliphatic carbocycles. The Kier molecular flexibility index (Phi) is 6.75. The van der Waals surface area contributed by atoms with Gasteiger partial charge in [-0.1, -0.05) is 36.4 Å². The van der Waals surface area contributed by atoms with Gasteiger partial charge >= 0.3 is 6.09 Å². The summed E-state index contributed by atoms with van der Waals surface area (Å²) in [7, 11) is 0. The molecule has 4 rings (SSSR count). The largest absolute Gasteiger partial charge is 0.413 e. The van der Waals surface area contributed by atoms with Gasteiger partial charge in [-0.2, -0.15) is 0 Å². The molecule has 0 unspecified atom stereocenters. The van der Waals surface area contributed by atoms with Crippen LogP contribution in [0.4, 0.5) is 10.5 Å². The lowest BCUT2D eigenvalue weighted by molar-refractivity contribution is -0.118. The van der Waals surface area contributed by atoms with Gasteiger partial charge in [0.15, 0.2) is 0 Å². The molecule has 0 bridgehead atoms. The Morgan fingerprint density at radius 3 is 2.56 bits per heavy atom. The fourth-order valence-corrected chi connectivity index (χ4v) is 3.78. The first kappa shape index (κ1) is 21.9. The first-order valence-electron chi connectivity index (χ1n) is 10.1. The van der Waals surface area contributed by atoms with Crippen molar-refractivity contribution in [3.8, 4) is 5.75 Å². The second-order valence-corrected chi connectivity index (χ2v) is 8.58. The summed E-state index contributed by atoms with van der Waals surface area (Å²) in [5.74, 6) is 0.0883. The maximum absolute atomic E-state index is 13.2. The van der Waals surface area contributed by atoms with Crippen LogP contribution in [0, 0.1) is 10.5 Å². The maximum Gasteiger partial charge on any atom is 0.413 e. The SMILES string of the molecule is Cc1cc(NC(=O)[C@@H](Cc2c[nH]c3ccccc23)NC(=O)Oc2ccccc2)ccc1I. The summed E-state index contributed by atoms with van der Waals surface area (Å²) in [6.45, 7) is 1.98. The Morgan fingerprint density at radius 1 is 1.03 bits per heavy atom. The molecule has 0 aliphatic rings. The fraction of sp³-hybridized carbons (Fsp3) is 0.120. The molecule has 2 amide bonds. The van der Waals surface area contributed by atoms with Gasteiger partial charge in [0.25, 0.3) is 0 Å². The lowest BCUT2D eigenvalue weighted by Crippen LogP contribution is -2.46. The highest BCUT2D eigenvalue weighted by atomic mass is 127. The zero-order chi connectivity index (χ0) is 22.5. The molecule has 1 heterocycles. The number of amides is 2. The van der Waals surface area contributed by atoms with E-state index in [4.69, 9.17) is 4.74 Å². The summed E-state index contributed by atoms with van der Waals surface area (Å²) in [4.78, 5) is 28.9. The summed E-state index contributed by atoms with van der Waals surface area (Å²) in [6.07, 6.45) is 1.49. The van der Waals surface area contributed by atoms with Gasteiger partial charge in [0, 0.05) is 32.8 Å². The van der Waals surface area contributed by atoms with Crippen molar-refractivity contribution in [1.29, 1.82) is 0 Å². The number of aromatic nitrogens is 1. The highest BCUT2D eigenvalue weighted by molar-refractivity contribution is 14.1. The fourth-order valence-electron chi connectivity index (χ4n) is 3.45. The lowest BCUT2D eigenvalue weighted by atomic mass is 10.0. The molecule has 1 atom stereocenters. The standard InChI is InChI=1S/C25H22IN3O3/c1-16-13-18(11-12-21(16)26)28-24(30)23(29-25(31)32-19-7-3-2-4-8-19)14-17-15-27-22-10-6-5-9-20(17)22/h2-13,15,23,27H,14H2,1H3,(H,28,30)(H,29,31)/t23-/m1/s1. The first-order chi connectivity index (χ1) is 15.5. The van der Waals surface area contributed by atoms with E-state index in [1.807, 2.05) is 61.7 Å². The van der Waals surface area contributed by atoms with Crippen LogP contribution >= 0.6 is 22.6 Å². The number of nitrogens with one attached hydrogen (secondary N) is 3. The average molecular weight is 539 g/mol. The maximum atomic E-state index is 13.2. The van der Waals surface area contributed by atoms with Gasteiger partial charge in [0.2, 0.25) is 5.91 Å². The quantitative estimate of drug-likeness (QED) is 0.286. The predicted molar refractivity (Wildman–Crippen MR) is 134 cm³/mol. The molecular formula is C25H22IN3O3. The third-order valence-electron chi connectivity index (χ3n) is 5.09. The third-order valence-corrected chi connectivity index (χ3v) is 6.30. The molecule has 7 heteroatoms. The van der Waals surface area contributed by atoms with Crippen LogP contribution in [0.15, 0.2) is 79.0 Å². The Bertz CT molecular complexity index is 1250. The van der Waals surface area contributed by atoms with Crippen molar-refractivity contribution in [3.63, 3.8) is 0 Å². The molecule has 4 aromatic rings. The summed E-state index contributed by atoms with van der Waals surface area (Å²) in [5.41, 5.74) is 3.64. The van der Waals surface area contributed by atoms with Crippen LogP contribution in [-0.2, 0) is 11.2 Å². The van der Waals surface area contributed by atoms with Crippen LogP contribution < -0.4 is 15.4 Å². The number of benzene rings is 3. The van der Waals surface area contributed by atoms with Crippen LogP contribution in [0.5, 0.6) is 5.75 Å². The number of H-pyrrole nitrogens is 1. The Labute approximate surface area is 199 Å². The predicted octanol–water partition coefficient (Wildman–Crippen LogP) is 5.42. The number of para-hydroxylation sites is 2. The number of carbonyl (C=O) groups is 2. The van der Waals surface area contributed by atoms with Crippen molar-refractivity contribution in [2.75, 3.05) is 5.32 Å². The highest BCUT2D eigenvalue weighted by Crippen LogP contribution is 2.21. The number of anilines is 1. The van der Waals surface area contributed by atoms with Crippen LogP contribution in [0.3, 0.4) is 0 Å². The van der Waals surface area contributed by atoms with E-state index in [1.54, 1.807) is 24.3 Å². The van der Waals surface area contributed by atoms with Crippen molar-refractivity contribution < 1.29 is 14.3 Å². The Hall–Kier alpha value is -3.33. The van der Waals surface area contributed by atoms with Crippen molar-refractivity contribution in [2.24, 2.45) is 0 Å². The molecule has 6 nitrogen and oxygen atoms in total. The number of ether oxygens (including phenoxy) is 1. The minimum Gasteiger partial charge on any atom is -0.410 e. The molecule has 0 saturated carbocycles. The molecular weight excluding hydrogens is 517 g/mol. The number of halogens is 1. The van der Waals surface area contributed by atoms with Crippen LogP contribution in [0.1, 0.15) is 11.1 Å². The van der Waals surface area contributed by atoms with Crippen LogP contribution in [0.25, 0.3) is 10.9 Å². The van der Waals surface area contributed by atoms with Gasteiger partial charge < -0.3 is 20.4 Å². The summed E-state index contributed by atoms with van der Waals surface area (Å²) < 4.78 is 6.46. The topological polar surface area (TPSA) is 83.2 Å². The van der Waals surface area contributed by atoms with E-state index < -0.39 is 12.1 Å². The second-order valence-electron chi connectivity index (χ2n) is 7.42. The smallest absolute Gasteiger partial charge is 0.410 e. The van der Waals surface area contributed by atoms with Crippen molar-refractivity contribution in [2.45, 2.75) is 19.4 Å². The van der Waals surface area contributed by atoms with Gasteiger partial charge in [-0.15, -0.1) is 0 Å². The molecule has 0 spiro atoms. The molecule has 0 radical (unpaired) electrons. The Balaban J connectivity index is 1.55. The Morgan fingerprint density at radius 2 is 1.78 bits per heavy atom. The van der Waals surface area contributed by atoms with E-state index in [1.165, 1.54) is 0 Å². The molecule has 3 aromatic carbocycles. The molecule has 32 heavy (non-hydrogen) atoms. The number of carbonyl (C=O) groups excluding carboxylic acids is 2. The zero-order valence-electron chi connectivity index (χ0n) is 17.4. The summed E-state index contributed by atoms with van der Waals surface area (Å²) in [5, 5.41) is 6.65. The van der Waals surface area contributed by atoms with Crippen molar-refractivity contribution in [3.05, 3.63) is 93.7 Å². The molecule has 0 aliphatic heterocycles. The van der Waals surface area contributed by atoms with Gasteiger partial charge in [0.05, 0.1) is 0 Å². The molecule has 0 fully saturated rings. The van der Waals surface area contributed by atoms with Crippen LogP contribution in [0.2, 0.25) is 0 Å². The van der Waals surface area contributed by atoms with E-state index in [9.17, 15) is 9.59 Å². The summed E-state index contributed by atoms with van der Waals surface area (Å²) >= 11 is 2.25. The zero-order valence-corrected chi connectivity index (χ0v) is 19.6. The summed E-state index contributed by atoms with van der Waals surface area (Å²) in [6, 6.07) is 21.5. The number of rotatable bonds is 6.